The average molecular weight is 327 g/mol. The maximum absolute atomic E-state index is 12.1. The van der Waals surface area contributed by atoms with Gasteiger partial charge in [-0.3, -0.25) is 4.79 Å². The van der Waals surface area contributed by atoms with Crippen LogP contribution in [0, 0.1) is 5.92 Å². The summed E-state index contributed by atoms with van der Waals surface area (Å²) in [6.45, 7) is 2.04. The van der Waals surface area contributed by atoms with Crippen LogP contribution in [0.15, 0.2) is 53.6 Å². The average Bonchev–Trinajstić information content (AvgIpc) is 2.96. The topological polar surface area (TPSA) is 41.9 Å². The van der Waals surface area contributed by atoms with Gasteiger partial charge in [0, 0.05) is 17.5 Å². The highest BCUT2D eigenvalue weighted by atomic mass is 35.5. The Morgan fingerprint density at radius 2 is 2.04 bits per heavy atom. The zero-order valence-electron chi connectivity index (χ0n) is 12.6. The second kappa shape index (κ2) is 5.39. The van der Waals surface area contributed by atoms with Gasteiger partial charge in [-0.25, -0.2) is 5.01 Å². The van der Waals surface area contributed by atoms with Crippen LogP contribution < -0.4 is 4.74 Å². The van der Waals surface area contributed by atoms with Crippen molar-refractivity contribution in [3.63, 3.8) is 0 Å². The van der Waals surface area contributed by atoms with Gasteiger partial charge in [0.05, 0.1) is 24.3 Å². The molecule has 5 heteroatoms. The number of amides is 1. The second-order valence-corrected chi connectivity index (χ2v) is 6.20. The summed E-state index contributed by atoms with van der Waals surface area (Å²) in [5.41, 5.74) is 2.80. The Balaban J connectivity index is 1.83. The predicted octanol–water partition coefficient (Wildman–Crippen LogP) is 3.66. The Hall–Kier alpha value is -2.33. The molecule has 2 aliphatic rings. The SMILES string of the molecule is CC(=O)N1N=C2c3cc(Cl)ccc3OC[C@H]2[C@H]1c1ccccc1. The van der Waals surface area contributed by atoms with Crippen molar-refractivity contribution in [2.24, 2.45) is 11.0 Å². The minimum Gasteiger partial charge on any atom is -0.492 e. The van der Waals surface area contributed by atoms with Crippen LogP contribution in [0.25, 0.3) is 0 Å². The Morgan fingerprint density at radius 1 is 1.26 bits per heavy atom. The number of halogens is 1. The fraction of sp³-hybridized carbons (Fsp3) is 0.222. The number of carbonyl (C=O) groups is 1. The number of hydrogen-bond donors (Lipinski definition) is 0. The van der Waals surface area contributed by atoms with Gasteiger partial charge in [-0.05, 0) is 23.8 Å². The molecule has 2 aromatic rings. The van der Waals surface area contributed by atoms with E-state index in [-0.39, 0.29) is 17.9 Å². The van der Waals surface area contributed by atoms with Crippen molar-refractivity contribution in [3.8, 4) is 5.75 Å². The van der Waals surface area contributed by atoms with E-state index >= 15 is 0 Å². The van der Waals surface area contributed by atoms with Crippen molar-refractivity contribution >= 4 is 23.2 Å². The van der Waals surface area contributed by atoms with Gasteiger partial charge in [-0.2, -0.15) is 5.10 Å². The molecule has 4 nitrogen and oxygen atoms in total. The predicted molar refractivity (Wildman–Crippen MR) is 88.7 cm³/mol. The molecule has 0 spiro atoms. The van der Waals surface area contributed by atoms with Crippen molar-refractivity contribution in [2.45, 2.75) is 13.0 Å². The van der Waals surface area contributed by atoms with E-state index in [9.17, 15) is 4.79 Å². The smallest absolute Gasteiger partial charge is 0.240 e. The van der Waals surface area contributed by atoms with Gasteiger partial charge in [-0.1, -0.05) is 41.9 Å². The quantitative estimate of drug-likeness (QED) is 0.802. The molecule has 116 valence electrons. The van der Waals surface area contributed by atoms with Crippen molar-refractivity contribution in [1.82, 2.24) is 5.01 Å². The molecule has 0 aromatic heterocycles. The van der Waals surface area contributed by atoms with E-state index < -0.39 is 0 Å². The number of fused-ring (bicyclic) bond motifs is 3. The molecule has 1 amide bonds. The summed E-state index contributed by atoms with van der Waals surface area (Å²) in [7, 11) is 0. The molecule has 0 radical (unpaired) electrons. The fourth-order valence-corrected chi connectivity index (χ4v) is 3.47. The van der Waals surface area contributed by atoms with Gasteiger partial charge in [0.2, 0.25) is 5.91 Å². The Bertz CT molecular complexity index is 804. The van der Waals surface area contributed by atoms with E-state index in [1.54, 1.807) is 11.1 Å². The summed E-state index contributed by atoms with van der Waals surface area (Å²) < 4.78 is 5.89. The van der Waals surface area contributed by atoms with Crippen LogP contribution in [0.3, 0.4) is 0 Å². The number of rotatable bonds is 1. The highest BCUT2D eigenvalue weighted by Crippen LogP contribution is 2.42. The highest BCUT2D eigenvalue weighted by molar-refractivity contribution is 6.31. The van der Waals surface area contributed by atoms with Gasteiger partial charge in [0.1, 0.15) is 5.75 Å². The third-order valence-corrected chi connectivity index (χ3v) is 4.55. The zero-order valence-corrected chi connectivity index (χ0v) is 13.3. The summed E-state index contributed by atoms with van der Waals surface area (Å²) >= 11 is 6.13. The summed E-state index contributed by atoms with van der Waals surface area (Å²) in [5, 5.41) is 6.81. The monoisotopic (exact) mass is 326 g/mol. The number of hydrogen-bond acceptors (Lipinski definition) is 3. The second-order valence-electron chi connectivity index (χ2n) is 5.76. The van der Waals surface area contributed by atoms with Crippen molar-refractivity contribution < 1.29 is 9.53 Å². The molecule has 0 bridgehead atoms. The first-order chi connectivity index (χ1) is 11.1. The normalized spacial score (nSPS) is 22.0. The minimum absolute atomic E-state index is 0.00673. The highest BCUT2D eigenvalue weighted by Gasteiger charge is 2.44. The Labute approximate surface area is 139 Å². The van der Waals surface area contributed by atoms with Crippen molar-refractivity contribution in [1.29, 1.82) is 0 Å². The fourth-order valence-electron chi connectivity index (χ4n) is 3.29. The van der Waals surface area contributed by atoms with Gasteiger partial charge in [-0.15, -0.1) is 0 Å². The maximum atomic E-state index is 12.1. The lowest BCUT2D eigenvalue weighted by molar-refractivity contribution is -0.131. The van der Waals surface area contributed by atoms with Crippen LogP contribution in [-0.2, 0) is 4.79 Å². The van der Waals surface area contributed by atoms with Crippen LogP contribution in [0.1, 0.15) is 24.1 Å². The molecule has 0 fully saturated rings. The molecule has 0 aliphatic carbocycles. The molecule has 2 aromatic carbocycles. The van der Waals surface area contributed by atoms with Crippen LogP contribution in [-0.4, -0.2) is 23.2 Å². The van der Waals surface area contributed by atoms with E-state index in [1.165, 1.54) is 6.92 Å². The summed E-state index contributed by atoms with van der Waals surface area (Å²) in [6.07, 6.45) is 0. The number of carbonyl (C=O) groups excluding carboxylic acids is 1. The van der Waals surface area contributed by atoms with E-state index in [2.05, 4.69) is 5.10 Å². The summed E-state index contributed by atoms with van der Waals surface area (Å²) in [6, 6.07) is 15.3. The standard InChI is InChI=1S/C18H15ClN2O2/c1-11(22)21-18(12-5-3-2-4-6-12)15-10-23-16-8-7-13(19)9-14(16)17(15)20-21/h2-9,15,18H,10H2,1H3/t15-,18-/m1/s1. The molecule has 2 aliphatic heterocycles. The van der Waals surface area contributed by atoms with E-state index in [1.807, 2.05) is 42.5 Å². The third-order valence-electron chi connectivity index (χ3n) is 4.31. The van der Waals surface area contributed by atoms with Crippen LogP contribution in [0.5, 0.6) is 5.75 Å². The lowest BCUT2D eigenvalue weighted by Gasteiger charge is -2.29. The van der Waals surface area contributed by atoms with Crippen molar-refractivity contribution in [3.05, 3.63) is 64.7 Å². The number of hydrazone groups is 1. The summed E-state index contributed by atoms with van der Waals surface area (Å²) in [5.74, 6) is 0.693. The first-order valence-electron chi connectivity index (χ1n) is 7.51. The van der Waals surface area contributed by atoms with Crippen LogP contribution in [0.4, 0.5) is 0 Å². The molecular formula is C18H15ClN2O2. The van der Waals surface area contributed by atoms with Gasteiger partial charge in [0.25, 0.3) is 0 Å². The molecule has 0 saturated heterocycles. The minimum atomic E-state index is -0.143. The van der Waals surface area contributed by atoms with Crippen LogP contribution in [0.2, 0.25) is 5.02 Å². The van der Waals surface area contributed by atoms with Gasteiger partial charge >= 0.3 is 0 Å². The third kappa shape index (κ3) is 2.30. The maximum Gasteiger partial charge on any atom is 0.240 e. The van der Waals surface area contributed by atoms with Crippen LogP contribution >= 0.6 is 11.6 Å². The molecular weight excluding hydrogens is 312 g/mol. The largest absolute Gasteiger partial charge is 0.492 e. The molecule has 4 rings (SSSR count). The lowest BCUT2D eigenvalue weighted by Crippen LogP contribution is -2.34. The first-order valence-corrected chi connectivity index (χ1v) is 7.89. The molecule has 2 atom stereocenters. The molecule has 23 heavy (non-hydrogen) atoms. The number of nitrogens with zero attached hydrogens (tertiary/aromatic N) is 2. The Morgan fingerprint density at radius 3 is 2.78 bits per heavy atom. The van der Waals surface area contributed by atoms with Gasteiger partial charge < -0.3 is 4.74 Å². The first kappa shape index (κ1) is 14.3. The lowest BCUT2D eigenvalue weighted by atomic mass is 9.86. The molecule has 0 N–H and O–H groups in total. The van der Waals surface area contributed by atoms with E-state index in [4.69, 9.17) is 16.3 Å². The van der Waals surface area contributed by atoms with Gasteiger partial charge in [0.15, 0.2) is 0 Å². The molecule has 2 heterocycles. The molecule has 0 saturated carbocycles. The number of ether oxygens (including phenoxy) is 1. The Kier molecular flexibility index (Phi) is 3.34. The van der Waals surface area contributed by atoms with E-state index in [0.29, 0.717) is 11.6 Å². The number of benzene rings is 2. The van der Waals surface area contributed by atoms with E-state index in [0.717, 1.165) is 22.6 Å². The molecule has 0 unspecified atom stereocenters. The van der Waals surface area contributed by atoms with Crippen molar-refractivity contribution in [2.75, 3.05) is 6.61 Å². The zero-order chi connectivity index (χ0) is 16.0. The summed E-state index contributed by atoms with van der Waals surface area (Å²) in [4.78, 5) is 12.1.